The van der Waals surface area contributed by atoms with E-state index in [1.807, 2.05) is 0 Å². The van der Waals surface area contributed by atoms with Crippen molar-refractivity contribution in [2.24, 2.45) is 11.7 Å². The van der Waals surface area contributed by atoms with Crippen molar-refractivity contribution in [3.05, 3.63) is 24.0 Å². The van der Waals surface area contributed by atoms with Crippen molar-refractivity contribution in [1.29, 1.82) is 0 Å². The van der Waals surface area contributed by atoms with E-state index in [1.54, 1.807) is 0 Å². The molecule has 0 aromatic carbocycles. The van der Waals surface area contributed by atoms with Gasteiger partial charge in [0, 0.05) is 25.0 Å². The number of rotatable bonds is 5. The SMILES string of the molecule is CCC(N)c1ccn(CCC2CCCCC2)c1. The second kappa shape index (κ2) is 6.25. The molecule has 0 saturated heterocycles. The summed E-state index contributed by atoms with van der Waals surface area (Å²) in [6, 6.07) is 2.39. The van der Waals surface area contributed by atoms with Crippen LogP contribution >= 0.6 is 0 Å². The zero-order valence-corrected chi connectivity index (χ0v) is 11.1. The van der Waals surface area contributed by atoms with Gasteiger partial charge < -0.3 is 10.3 Å². The van der Waals surface area contributed by atoms with Crippen LogP contribution in [-0.4, -0.2) is 4.57 Å². The van der Waals surface area contributed by atoms with E-state index in [-0.39, 0.29) is 6.04 Å². The van der Waals surface area contributed by atoms with Gasteiger partial charge in [0.05, 0.1) is 0 Å². The zero-order valence-electron chi connectivity index (χ0n) is 11.1. The Labute approximate surface area is 105 Å². The first-order valence-corrected chi connectivity index (χ1v) is 7.21. The lowest BCUT2D eigenvalue weighted by Gasteiger charge is -2.21. The minimum absolute atomic E-state index is 0.214. The molecule has 96 valence electrons. The van der Waals surface area contributed by atoms with E-state index in [4.69, 9.17) is 5.73 Å². The highest BCUT2D eigenvalue weighted by Gasteiger charge is 2.13. The van der Waals surface area contributed by atoms with Crippen LogP contribution in [0.4, 0.5) is 0 Å². The first kappa shape index (κ1) is 12.7. The molecule has 0 radical (unpaired) electrons. The van der Waals surface area contributed by atoms with E-state index < -0.39 is 0 Å². The number of hydrogen-bond acceptors (Lipinski definition) is 1. The predicted octanol–water partition coefficient (Wildman–Crippen LogP) is 3.87. The average Bonchev–Trinajstić information content (AvgIpc) is 2.85. The average molecular weight is 234 g/mol. The third kappa shape index (κ3) is 3.60. The molecule has 0 bridgehead atoms. The largest absolute Gasteiger partial charge is 0.354 e. The molecule has 2 rings (SSSR count). The van der Waals surface area contributed by atoms with Crippen LogP contribution in [0, 0.1) is 5.92 Å². The van der Waals surface area contributed by atoms with Crippen molar-refractivity contribution in [3.8, 4) is 0 Å². The van der Waals surface area contributed by atoms with Gasteiger partial charge in [-0.3, -0.25) is 0 Å². The molecule has 0 spiro atoms. The van der Waals surface area contributed by atoms with E-state index in [9.17, 15) is 0 Å². The molecule has 1 fully saturated rings. The molecule has 0 amide bonds. The number of aryl methyl sites for hydroxylation is 1. The first-order valence-electron chi connectivity index (χ1n) is 7.21. The Morgan fingerprint density at radius 1 is 1.35 bits per heavy atom. The van der Waals surface area contributed by atoms with Crippen LogP contribution in [0.3, 0.4) is 0 Å². The van der Waals surface area contributed by atoms with Crippen molar-refractivity contribution in [1.82, 2.24) is 4.57 Å². The quantitative estimate of drug-likeness (QED) is 0.824. The fourth-order valence-corrected chi connectivity index (χ4v) is 2.86. The summed E-state index contributed by atoms with van der Waals surface area (Å²) in [4.78, 5) is 0. The topological polar surface area (TPSA) is 30.9 Å². The fourth-order valence-electron chi connectivity index (χ4n) is 2.86. The first-order chi connectivity index (χ1) is 8.29. The van der Waals surface area contributed by atoms with Crippen LogP contribution in [0.2, 0.25) is 0 Å². The molecule has 1 aliphatic carbocycles. The third-order valence-electron chi connectivity index (χ3n) is 4.16. The van der Waals surface area contributed by atoms with Gasteiger partial charge in [0.1, 0.15) is 0 Å². The van der Waals surface area contributed by atoms with Crippen LogP contribution in [0.15, 0.2) is 18.5 Å². The molecule has 1 heterocycles. The van der Waals surface area contributed by atoms with Crippen LogP contribution in [0.25, 0.3) is 0 Å². The Kier molecular flexibility index (Phi) is 4.66. The normalized spacial score (nSPS) is 19.4. The maximum atomic E-state index is 6.03. The summed E-state index contributed by atoms with van der Waals surface area (Å²) < 4.78 is 2.32. The van der Waals surface area contributed by atoms with Gasteiger partial charge in [-0.2, -0.15) is 0 Å². The van der Waals surface area contributed by atoms with Gasteiger partial charge in [-0.1, -0.05) is 39.0 Å². The second-order valence-corrected chi connectivity index (χ2v) is 5.49. The summed E-state index contributed by atoms with van der Waals surface area (Å²) in [6.45, 7) is 3.31. The zero-order chi connectivity index (χ0) is 12.1. The minimum atomic E-state index is 0.214. The van der Waals surface area contributed by atoms with Crippen LogP contribution < -0.4 is 5.73 Å². The smallest absolute Gasteiger partial charge is 0.0307 e. The molecule has 2 N–H and O–H groups in total. The lowest BCUT2D eigenvalue weighted by atomic mass is 9.87. The van der Waals surface area contributed by atoms with Crippen molar-refractivity contribution >= 4 is 0 Å². The molecule has 1 aromatic rings. The highest BCUT2D eigenvalue weighted by Crippen LogP contribution is 2.26. The minimum Gasteiger partial charge on any atom is -0.354 e. The number of hydrogen-bond donors (Lipinski definition) is 1. The molecule has 1 saturated carbocycles. The maximum absolute atomic E-state index is 6.03. The summed E-state index contributed by atoms with van der Waals surface area (Å²) in [6.07, 6.45) is 14.0. The van der Waals surface area contributed by atoms with Gasteiger partial charge in [-0.15, -0.1) is 0 Å². The van der Waals surface area contributed by atoms with Gasteiger partial charge in [0.2, 0.25) is 0 Å². The number of nitrogens with zero attached hydrogens (tertiary/aromatic N) is 1. The number of aromatic nitrogens is 1. The Hall–Kier alpha value is -0.760. The van der Waals surface area contributed by atoms with Crippen LogP contribution in [-0.2, 0) is 6.54 Å². The standard InChI is InChI=1S/C15H26N2/c1-2-15(16)14-9-11-17(12-14)10-8-13-6-4-3-5-7-13/h9,11-13,15H,2-8,10,16H2,1H3. The monoisotopic (exact) mass is 234 g/mol. The maximum Gasteiger partial charge on any atom is 0.0307 e. The van der Waals surface area contributed by atoms with Crippen LogP contribution in [0.1, 0.15) is 63.5 Å². The molecule has 1 aliphatic rings. The molecule has 1 unspecified atom stereocenters. The van der Waals surface area contributed by atoms with E-state index in [2.05, 4.69) is 30.0 Å². The van der Waals surface area contributed by atoms with Gasteiger partial charge >= 0.3 is 0 Å². The second-order valence-electron chi connectivity index (χ2n) is 5.49. The van der Waals surface area contributed by atoms with Crippen LogP contribution in [0.5, 0.6) is 0 Å². The molecule has 2 heteroatoms. The van der Waals surface area contributed by atoms with E-state index in [1.165, 1.54) is 50.6 Å². The van der Waals surface area contributed by atoms with Gasteiger partial charge in [-0.05, 0) is 30.4 Å². The molecule has 0 aliphatic heterocycles. The Balaban J connectivity index is 1.80. The summed E-state index contributed by atoms with van der Waals surface area (Å²) in [5.41, 5.74) is 7.32. The summed E-state index contributed by atoms with van der Waals surface area (Å²) in [5, 5.41) is 0. The fraction of sp³-hybridized carbons (Fsp3) is 0.733. The van der Waals surface area contributed by atoms with Crippen molar-refractivity contribution < 1.29 is 0 Å². The Bertz CT molecular complexity index is 323. The summed E-state index contributed by atoms with van der Waals surface area (Å²) in [7, 11) is 0. The van der Waals surface area contributed by atoms with E-state index >= 15 is 0 Å². The lowest BCUT2D eigenvalue weighted by Crippen LogP contribution is -2.10. The summed E-state index contributed by atoms with van der Waals surface area (Å²) in [5.74, 6) is 0.967. The highest BCUT2D eigenvalue weighted by atomic mass is 14.9. The van der Waals surface area contributed by atoms with Crippen molar-refractivity contribution in [2.45, 2.75) is 64.5 Å². The molecule has 17 heavy (non-hydrogen) atoms. The molecular weight excluding hydrogens is 208 g/mol. The van der Waals surface area contributed by atoms with Gasteiger partial charge in [0.15, 0.2) is 0 Å². The molecule has 1 aromatic heterocycles. The Morgan fingerprint density at radius 3 is 2.82 bits per heavy atom. The van der Waals surface area contributed by atoms with Gasteiger partial charge in [-0.25, -0.2) is 0 Å². The number of nitrogens with two attached hydrogens (primary N) is 1. The molecular formula is C15H26N2. The van der Waals surface area contributed by atoms with Crippen molar-refractivity contribution in [2.75, 3.05) is 0 Å². The third-order valence-corrected chi connectivity index (χ3v) is 4.16. The highest BCUT2D eigenvalue weighted by molar-refractivity contribution is 5.14. The van der Waals surface area contributed by atoms with Crippen molar-refractivity contribution in [3.63, 3.8) is 0 Å². The Morgan fingerprint density at radius 2 is 2.12 bits per heavy atom. The van der Waals surface area contributed by atoms with Gasteiger partial charge in [0.25, 0.3) is 0 Å². The molecule has 2 nitrogen and oxygen atoms in total. The predicted molar refractivity (Wildman–Crippen MR) is 72.8 cm³/mol. The lowest BCUT2D eigenvalue weighted by molar-refractivity contribution is 0.324. The molecule has 1 atom stereocenters. The summed E-state index contributed by atoms with van der Waals surface area (Å²) >= 11 is 0. The van der Waals surface area contributed by atoms with E-state index in [0.29, 0.717) is 0 Å². The van der Waals surface area contributed by atoms with E-state index in [0.717, 1.165) is 12.3 Å².